The monoisotopic (exact) mass is 395 g/mol. The van der Waals surface area contributed by atoms with Crippen LogP contribution in [0.2, 0.25) is 10.0 Å². The zero-order valence-corrected chi connectivity index (χ0v) is 15.0. The van der Waals surface area contributed by atoms with Crippen LogP contribution in [0.5, 0.6) is 0 Å². The van der Waals surface area contributed by atoms with E-state index in [-0.39, 0.29) is 30.4 Å². The molecule has 26 heavy (non-hydrogen) atoms. The summed E-state index contributed by atoms with van der Waals surface area (Å²) in [5.41, 5.74) is 6.03. The Morgan fingerprint density at radius 3 is 2.69 bits per heavy atom. The number of nitrogens with zero attached hydrogens (tertiary/aromatic N) is 4. The van der Waals surface area contributed by atoms with Gasteiger partial charge in [-0.25, -0.2) is 4.98 Å². The number of aromatic nitrogens is 4. The molecule has 2 heterocycles. The van der Waals surface area contributed by atoms with E-state index in [0.29, 0.717) is 22.1 Å². The molecule has 8 nitrogen and oxygen atoms in total. The van der Waals surface area contributed by atoms with Crippen molar-refractivity contribution in [2.75, 3.05) is 0 Å². The molecule has 0 saturated carbocycles. The topological polar surface area (TPSA) is 120 Å². The zero-order valence-electron chi connectivity index (χ0n) is 13.5. The van der Waals surface area contributed by atoms with Gasteiger partial charge < -0.3 is 15.4 Å². The minimum absolute atomic E-state index is 0.0143. The Kier molecular flexibility index (Phi) is 5.67. The molecule has 1 atom stereocenters. The minimum atomic E-state index is -0.805. The lowest BCUT2D eigenvalue weighted by molar-refractivity contribution is 0.174. The molecule has 3 N–H and O–H groups in total. The first-order valence-corrected chi connectivity index (χ1v) is 8.42. The molecule has 0 aliphatic carbocycles. The van der Waals surface area contributed by atoms with Crippen molar-refractivity contribution >= 4 is 23.2 Å². The molecule has 0 spiro atoms. The first-order valence-electron chi connectivity index (χ1n) is 7.66. The summed E-state index contributed by atoms with van der Waals surface area (Å²) in [5.74, 6) is 0.511. The van der Waals surface area contributed by atoms with Gasteiger partial charge in [0.25, 0.3) is 5.56 Å². The van der Waals surface area contributed by atoms with E-state index in [0.717, 1.165) is 0 Å². The Hall–Kier alpha value is -2.26. The fourth-order valence-electron chi connectivity index (χ4n) is 2.31. The highest BCUT2D eigenvalue weighted by atomic mass is 35.5. The molecule has 0 aliphatic heterocycles. The number of nitrogens with two attached hydrogens (primary N) is 1. The van der Waals surface area contributed by atoms with Crippen molar-refractivity contribution in [1.82, 2.24) is 19.7 Å². The molecule has 3 aromatic rings. The maximum Gasteiger partial charge on any atom is 0.272 e. The summed E-state index contributed by atoms with van der Waals surface area (Å²) in [6.07, 6.45) is 0.675. The van der Waals surface area contributed by atoms with Gasteiger partial charge in [-0.2, -0.15) is 4.98 Å². The Balaban J connectivity index is 1.71. The standard InChI is InChI=1S/C16H15Cl2N5O3/c17-10-3-1-9(2-4-10)12(24)5-13-21-14(26-22-13)7-23-8-20-11(6-19)15(18)16(23)25/h1-4,8,12,24H,5-7,19H2/t12-/m0/s1. The van der Waals surface area contributed by atoms with Gasteiger partial charge in [0.2, 0.25) is 5.89 Å². The summed E-state index contributed by atoms with van der Waals surface area (Å²) in [5, 5.41) is 14.6. The predicted octanol–water partition coefficient (Wildman–Crippen LogP) is 1.72. The third kappa shape index (κ3) is 4.10. The molecular weight excluding hydrogens is 381 g/mol. The van der Waals surface area contributed by atoms with E-state index in [1.54, 1.807) is 24.3 Å². The summed E-state index contributed by atoms with van der Waals surface area (Å²) in [4.78, 5) is 20.3. The van der Waals surface area contributed by atoms with Crippen LogP contribution in [-0.4, -0.2) is 24.8 Å². The third-order valence-corrected chi connectivity index (χ3v) is 4.33. The smallest absolute Gasteiger partial charge is 0.272 e. The second-order valence-corrected chi connectivity index (χ2v) is 6.33. The number of rotatable bonds is 6. The molecule has 2 aromatic heterocycles. The van der Waals surface area contributed by atoms with Gasteiger partial charge in [0, 0.05) is 18.0 Å². The van der Waals surface area contributed by atoms with Gasteiger partial charge in [0.05, 0.1) is 18.1 Å². The molecule has 3 rings (SSSR count). The van der Waals surface area contributed by atoms with E-state index in [9.17, 15) is 9.90 Å². The first kappa shape index (κ1) is 18.5. The molecule has 0 amide bonds. The van der Waals surface area contributed by atoms with Crippen LogP contribution in [0.4, 0.5) is 0 Å². The molecule has 0 fully saturated rings. The van der Waals surface area contributed by atoms with Gasteiger partial charge in [-0.05, 0) is 17.7 Å². The van der Waals surface area contributed by atoms with Crippen molar-refractivity contribution in [2.24, 2.45) is 5.73 Å². The van der Waals surface area contributed by atoms with E-state index in [4.69, 9.17) is 33.5 Å². The molecule has 0 saturated heterocycles. The quantitative estimate of drug-likeness (QED) is 0.651. The maximum absolute atomic E-state index is 12.1. The largest absolute Gasteiger partial charge is 0.388 e. The Labute approximate surface area is 158 Å². The highest BCUT2D eigenvalue weighted by Gasteiger charge is 2.15. The molecule has 1 aromatic carbocycles. The predicted molar refractivity (Wildman–Crippen MR) is 94.9 cm³/mol. The van der Waals surface area contributed by atoms with Gasteiger partial charge >= 0.3 is 0 Å². The summed E-state index contributed by atoms with van der Waals surface area (Å²) < 4.78 is 6.37. The fourth-order valence-corrected chi connectivity index (χ4v) is 2.67. The first-order chi connectivity index (χ1) is 12.5. The average Bonchev–Trinajstić information content (AvgIpc) is 3.06. The summed E-state index contributed by atoms with van der Waals surface area (Å²) in [6.45, 7) is 0.0860. The number of benzene rings is 1. The van der Waals surface area contributed by atoms with Crippen LogP contribution < -0.4 is 11.3 Å². The Morgan fingerprint density at radius 2 is 2.00 bits per heavy atom. The fraction of sp³-hybridized carbons (Fsp3) is 0.250. The van der Waals surface area contributed by atoms with Crippen LogP contribution in [0.3, 0.4) is 0 Å². The van der Waals surface area contributed by atoms with E-state index in [1.165, 1.54) is 10.9 Å². The maximum atomic E-state index is 12.1. The van der Waals surface area contributed by atoms with E-state index < -0.39 is 11.7 Å². The van der Waals surface area contributed by atoms with Crippen LogP contribution >= 0.6 is 23.2 Å². The number of aliphatic hydroxyl groups excluding tert-OH is 1. The van der Waals surface area contributed by atoms with E-state index in [1.807, 2.05) is 0 Å². The second-order valence-electron chi connectivity index (χ2n) is 5.52. The van der Waals surface area contributed by atoms with E-state index in [2.05, 4.69) is 15.1 Å². The highest BCUT2D eigenvalue weighted by molar-refractivity contribution is 6.31. The molecule has 0 radical (unpaired) electrons. The molecule has 0 bridgehead atoms. The second kappa shape index (κ2) is 7.96. The van der Waals surface area contributed by atoms with Gasteiger partial charge in [-0.1, -0.05) is 40.5 Å². The van der Waals surface area contributed by atoms with Crippen LogP contribution in [0.25, 0.3) is 0 Å². The molecule has 136 valence electrons. The zero-order chi connectivity index (χ0) is 18.7. The lowest BCUT2D eigenvalue weighted by Gasteiger charge is -2.08. The number of hydrogen-bond donors (Lipinski definition) is 2. The lowest BCUT2D eigenvalue weighted by atomic mass is 10.1. The highest BCUT2D eigenvalue weighted by Crippen LogP contribution is 2.19. The minimum Gasteiger partial charge on any atom is -0.388 e. The Morgan fingerprint density at radius 1 is 1.27 bits per heavy atom. The van der Waals surface area contributed by atoms with Crippen molar-refractivity contribution in [2.45, 2.75) is 25.6 Å². The summed E-state index contributed by atoms with van der Waals surface area (Å²) in [6, 6.07) is 6.83. The third-order valence-electron chi connectivity index (χ3n) is 3.69. The average molecular weight is 396 g/mol. The Bertz CT molecular complexity index is 955. The number of aliphatic hydroxyl groups is 1. The molecule has 0 unspecified atom stereocenters. The van der Waals surface area contributed by atoms with Gasteiger partial charge in [0.15, 0.2) is 5.82 Å². The normalized spacial score (nSPS) is 12.3. The van der Waals surface area contributed by atoms with Crippen LogP contribution in [0.1, 0.15) is 29.1 Å². The number of halogens is 2. The van der Waals surface area contributed by atoms with Gasteiger partial charge in [0.1, 0.15) is 11.6 Å². The molecule has 10 heteroatoms. The molecule has 0 aliphatic rings. The van der Waals surface area contributed by atoms with Crippen LogP contribution in [0, 0.1) is 0 Å². The van der Waals surface area contributed by atoms with Crippen LogP contribution in [-0.2, 0) is 19.5 Å². The van der Waals surface area contributed by atoms with Crippen LogP contribution in [0.15, 0.2) is 39.9 Å². The van der Waals surface area contributed by atoms with Gasteiger partial charge in [-0.3, -0.25) is 9.36 Å². The van der Waals surface area contributed by atoms with Crippen molar-refractivity contribution in [3.63, 3.8) is 0 Å². The lowest BCUT2D eigenvalue weighted by Crippen LogP contribution is -2.24. The number of hydrogen-bond acceptors (Lipinski definition) is 7. The van der Waals surface area contributed by atoms with E-state index >= 15 is 0 Å². The van der Waals surface area contributed by atoms with Crippen molar-refractivity contribution in [3.05, 3.63) is 74.0 Å². The van der Waals surface area contributed by atoms with Gasteiger partial charge in [-0.15, -0.1) is 0 Å². The summed E-state index contributed by atoms with van der Waals surface area (Å²) >= 11 is 11.8. The van der Waals surface area contributed by atoms with Crippen molar-refractivity contribution < 1.29 is 9.63 Å². The molecular formula is C16H15Cl2N5O3. The van der Waals surface area contributed by atoms with Crippen molar-refractivity contribution in [3.8, 4) is 0 Å². The summed E-state index contributed by atoms with van der Waals surface area (Å²) in [7, 11) is 0. The van der Waals surface area contributed by atoms with Crippen molar-refractivity contribution in [1.29, 1.82) is 0 Å². The SMILES string of the molecule is NCc1ncn(Cc2nc(C[C@H](O)c3ccc(Cl)cc3)no2)c(=O)c1Cl.